The standard InChI is InChI=1S/C22H24F2Si/c1-2-13-25-14-11-18(12-15-25)20-8-7-19(22(24)16-20)6-3-17-4-9-21(23)10-5-17/h4-5,7-10,16,18,25H,2,11-15H2,1H3/t18-,25-. The molecule has 25 heavy (non-hydrogen) atoms. The SMILES string of the molecule is CCC[Si@H]1CC[C@H](c2ccc(C#Cc3ccc(F)cc3)c(F)c2)CC1. The Morgan fingerprint density at radius 3 is 2.36 bits per heavy atom. The molecule has 1 saturated heterocycles. The van der Waals surface area contributed by atoms with Gasteiger partial charge in [0.15, 0.2) is 0 Å². The van der Waals surface area contributed by atoms with E-state index in [-0.39, 0.29) is 11.6 Å². The van der Waals surface area contributed by atoms with Gasteiger partial charge in [-0.3, -0.25) is 0 Å². The van der Waals surface area contributed by atoms with Crippen LogP contribution < -0.4 is 0 Å². The van der Waals surface area contributed by atoms with Crippen molar-refractivity contribution in [2.75, 3.05) is 0 Å². The van der Waals surface area contributed by atoms with E-state index < -0.39 is 8.80 Å². The number of rotatable bonds is 3. The van der Waals surface area contributed by atoms with Crippen LogP contribution in [0.3, 0.4) is 0 Å². The van der Waals surface area contributed by atoms with Crippen molar-refractivity contribution < 1.29 is 8.78 Å². The summed E-state index contributed by atoms with van der Waals surface area (Å²) >= 11 is 0. The lowest BCUT2D eigenvalue weighted by atomic mass is 9.92. The van der Waals surface area contributed by atoms with E-state index >= 15 is 0 Å². The summed E-state index contributed by atoms with van der Waals surface area (Å²) < 4.78 is 27.3. The van der Waals surface area contributed by atoms with Crippen molar-refractivity contribution in [3.05, 3.63) is 70.8 Å². The molecule has 1 aliphatic heterocycles. The highest BCUT2D eigenvalue weighted by Gasteiger charge is 2.23. The van der Waals surface area contributed by atoms with Crippen LogP contribution in [0.5, 0.6) is 0 Å². The largest absolute Gasteiger partial charge is 0.207 e. The van der Waals surface area contributed by atoms with Gasteiger partial charge in [-0.2, -0.15) is 0 Å². The molecule has 130 valence electrons. The summed E-state index contributed by atoms with van der Waals surface area (Å²) in [6.07, 6.45) is 3.76. The molecular weight excluding hydrogens is 330 g/mol. The molecule has 0 spiro atoms. The van der Waals surface area contributed by atoms with E-state index in [9.17, 15) is 8.78 Å². The third-order valence-electron chi connectivity index (χ3n) is 5.19. The first-order chi connectivity index (χ1) is 12.2. The normalized spacial score (nSPS) is 20.0. The van der Waals surface area contributed by atoms with Gasteiger partial charge >= 0.3 is 0 Å². The van der Waals surface area contributed by atoms with Crippen molar-refractivity contribution in [1.82, 2.24) is 0 Å². The number of hydrogen-bond acceptors (Lipinski definition) is 0. The van der Waals surface area contributed by atoms with Gasteiger partial charge in [0, 0.05) is 14.4 Å². The molecule has 0 nitrogen and oxygen atoms in total. The molecule has 0 aromatic heterocycles. The highest BCUT2D eigenvalue weighted by molar-refractivity contribution is 6.59. The molecule has 2 aromatic rings. The first kappa shape index (κ1) is 17.9. The van der Waals surface area contributed by atoms with E-state index in [1.54, 1.807) is 24.3 Å². The first-order valence-corrected chi connectivity index (χ1v) is 11.7. The van der Waals surface area contributed by atoms with Crippen molar-refractivity contribution in [2.45, 2.75) is 50.2 Å². The summed E-state index contributed by atoms with van der Waals surface area (Å²) in [5, 5.41) is 0. The van der Waals surface area contributed by atoms with Gasteiger partial charge in [-0.05, 0) is 60.7 Å². The molecule has 0 aliphatic carbocycles. The van der Waals surface area contributed by atoms with Crippen LogP contribution in [0.25, 0.3) is 0 Å². The molecule has 0 N–H and O–H groups in total. The van der Waals surface area contributed by atoms with E-state index in [2.05, 4.69) is 18.8 Å². The summed E-state index contributed by atoms with van der Waals surface area (Å²) in [5.41, 5.74) is 2.21. The monoisotopic (exact) mass is 354 g/mol. The van der Waals surface area contributed by atoms with Crippen LogP contribution in [0.4, 0.5) is 8.78 Å². The second kappa shape index (κ2) is 8.45. The Morgan fingerprint density at radius 2 is 1.72 bits per heavy atom. The van der Waals surface area contributed by atoms with Crippen LogP contribution in [0.2, 0.25) is 18.1 Å². The van der Waals surface area contributed by atoms with Gasteiger partial charge in [0.2, 0.25) is 0 Å². The van der Waals surface area contributed by atoms with E-state index in [1.807, 2.05) is 6.07 Å². The van der Waals surface area contributed by atoms with Crippen molar-refractivity contribution in [3.63, 3.8) is 0 Å². The van der Waals surface area contributed by atoms with Crippen LogP contribution in [0, 0.1) is 23.5 Å². The summed E-state index contributed by atoms with van der Waals surface area (Å²) in [5.74, 6) is 5.72. The van der Waals surface area contributed by atoms with E-state index in [0.29, 0.717) is 17.0 Å². The smallest absolute Gasteiger partial charge is 0.139 e. The predicted octanol–water partition coefficient (Wildman–Crippen LogP) is 5.88. The highest BCUT2D eigenvalue weighted by Crippen LogP contribution is 2.35. The summed E-state index contributed by atoms with van der Waals surface area (Å²) in [6.45, 7) is 2.28. The Labute approximate surface area is 150 Å². The maximum Gasteiger partial charge on any atom is 0.139 e. The molecule has 0 bridgehead atoms. The fraction of sp³-hybridized carbons (Fsp3) is 0.364. The maximum absolute atomic E-state index is 14.4. The molecular formula is C22H24F2Si. The van der Waals surface area contributed by atoms with Crippen molar-refractivity contribution in [3.8, 4) is 11.8 Å². The van der Waals surface area contributed by atoms with Gasteiger partial charge in [-0.1, -0.05) is 49.4 Å². The molecule has 1 aliphatic rings. The van der Waals surface area contributed by atoms with Crippen LogP contribution in [-0.2, 0) is 0 Å². The summed E-state index contributed by atoms with van der Waals surface area (Å²) in [6, 6.07) is 15.7. The summed E-state index contributed by atoms with van der Waals surface area (Å²) in [7, 11) is -0.503. The zero-order chi connectivity index (χ0) is 17.6. The van der Waals surface area contributed by atoms with Gasteiger partial charge in [0.25, 0.3) is 0 Å². The van der Waals surface area contributed by atoms with Gasteiger partial charge in [0.05, 0.1) is 5.56 Å². The lowest BCUT2D eigenvalue weighted by molar-refractivity contribution is 0.586. The summed E-state index contributed by atoms with van der Waals surface area (Å²) in [4.78, 5) is 0. The lowest BCUT2D eigenvalue weighted by Crippen LogP contribution is -2.20. The Bertz CT molecular complexity index is 763. The molecule has 0 atom stereocenters. The number of halogens is 2. The van der Waals surface area contributed by atoms with Crippen molar-refractivity contribution in [2.24, 2.45) is 0 Å². The Balaban J connectivity index is 1.68. The average molecular weight is 355 g/mol. The topological polar surface area (TPSA) is 0 Å². The van der Waals surface area contributed by atoms with Crippen LogP contribution in [0.15, 0.2) is 42.5 Å². The molecule has 0 unspecified atom stereocenters. The zero-order valence-corrected chi connectivity index (χ0v) is 15.8. The fourth-order valence-electron chi connectivity index (χ4n) is 3.75. The Hall–Kier alpha value is -1.92. The molecule has 1 fully saturated rings. The minimum Gasteiger partial charge on any atom is -0.207 e. The molecule has 3 rings (SSSR count). The number of hydrogen-bond donors (Lipinski definition) is 0. The van der Waals surface area contributed by atoms with Crippen LogP contribution in [0.1, 0.15) is 48.8 Å². The van der Waals surface area contributed by atoms with Crippen LogP contribution >= 0.6 is 0 Å². The highest BCUT2D eigenvalue weighted by atomic mass is 28.3. The second-order valence-corrected chi connectivity index (χ2v) is 10.5. The quantitative estimate of drug-likeness (QED) is 0.477. The third kappa shape index (κ3) is 4.80. The Kier molecular flexibility index (Phi) is 6.04. The van der Waals surface area contributed by atoms with E-state index in [1.165, 1.54) is 49.5 Å². The molecule has 0 radical (unpaired) electrons. The zero-order valence-electron chi connectivity index (χ0n) is 14.7. The van der Waals surface area contributed by atoms with Crippen molar-refractivity contribution >= 4 is 8.80 Å². The Morgan fingerprint density at radius 1 is 1.00 bits per heavy atom. The van der Waals surface area contributed by atoms with Gasteiger partial charge in [-0.25, -0.2) is 8.78 Å². The average Bonchev–Trinajstić information content (AvgIpc) is 2.63. The van der Waals surface area contributed by atoms with E-state index in [4.69, 9.17) is 0 Å². The predicted molar refractivity (Wildman–Crippen MR) is 103 cm³/mol. The maximum atomic E-state index is 14.4. The first-order valence-electron chi connectivity index (χ1n) is 9.22. The third-order valence-corrected chi connectivity index (χ3v) is 8.89. The second-order valence-electron chi connectivity index (χ2n) is 7.00. The van der Waals surface area contributed by atoms with Gasteiger partial charge in [0.1, 0.15) is 11.6 Å². The molecule has 2 aromatic carbocycles. The minimum absolute atomic E-state index is 0.250. The number of benzene rings is 2. The molecule has 3 heteroatoms. The van der Waals surface area contributed by atoms with Crippen molar-refractivity contribution in [1.29, 1.82) is 0 Å². The fourth-order valence-corrected chi connectivity index (χ4v) is 7.18. The molecule has 1 heterocycles. The van der Waals surface area contributed by atoms with Gasteiger partial charge < -0.3 is 0 Å². The molecule has 0 saturated carbocycles. The van der Waals surface area contributed by atoms with E-state index in [0.717, 1.165) is 5.56 Å². The lowest BCUT2D eigenvalue weighted by Gasteiger charge is -2.27. The van der Waals surface area contributed by atoms with Crippen LogP contribution in [-0.4, -0.2) is 8.80 Å². The van der Waals surface area contributed by atoms with Gasteiger partial charge in [-0.15, -0.1) is 0 Å². The molecule has 0 amide bonds. The minimum atomic E-state index is -0.503.